The van der Waals surface area contributed by atoms with E-state index in [1.165, 1.54) is 0 Å². The Kier molecular flexibility index (Phi) is 1.91. The minimum atomic E-state index is -4.65. The SMILES string of the molecule is O=[N+]([O-])C1(F)C(F)=C(F)C2(CO2)C(F)=C1F. The Balaban J connectivity index is 2.67. The Hall–Kier alpha value is -1.51. The predicted molar refractivity (Wildman–Crippen MR) is 38.0 cm³/mol. The van der Waals surface area contributed by atoms with Crippen molar-refractivity contribution in [2.45, 2.75) is 11.4 Å². The Morgan fingerprint density at radius 1 is 1.12 bits per heavy atom. The normalized spacial score (nSPS) is 38.3. The van der Waals surface area contributed by atoms with E-state index in [1.807, 2.05) is 0 Å². The van der Waals surface area contributed by atoms with Crippen molar-refractivity contribution in [1.29, 1.82) is 0 Å². The number of ether oxygens (including phenoxy) is 1. The van der Waals surface area contributed by atoms with Crippen molar-refractivity contribution in [3.63, 3.8) is 0 Å². The fourth-order valence-electron chi connectivity index (χ4n) is 1.32. The monoisotopic (exact) mass is 243 g/mol. The van der Waals surface area contributed by atoms with E-state index in [-0.39, 0.29) is 0 Å². The van der Waals surface area contributed by atoms with Gasteiger partial charge in [-0.3, -0.25) is 10.1 Å². The molecule has 4 nitrogen and oxygen atoms in total. The standard InChI is InChI=1S/C7H2F5NO3/c8-2-4(10)7(12,13(14)15)5(11)3(9)6(2)1-16-6/h1H2. The van der Waals surface area contributed by atoms with Crippen LogP contribution in [0.1, 0.15) is 0 Å². The van der Waals surface area contributed by atoms with Crippen LogP contribution in [0.5, 0.6) is 0 Å². The van der Waals surface area contributed by atoms with Crippen LogP contribution in [0.4, 0.5) is 22.0 Å². The molecule has 0 saturated carbocycles. The highest BCUT2D eigenvalue weighted by molar-refractivity contribution is 5.45. The molecule has 2 aliphatic rings. The van der Waals surface area contributed by atoms with Crippen molar-refractivity contribution in [2.75, 3.05) is 6.61 Å². The second-order valence-electron chi connectivity index (χ2n) is 3.25. The van der Waals surface area contributed by atoms with Gasteiger partial charge in [0.15, 0.2) is 17.3 Å². The minimum absolute atomic E-state index is 0.737. The summed E-state index contributed by atoms with van der Waals surface area (Å²) >= 11 is 0. The van der Waals surface area contributed by atoms with Crippen molar-refractivity contribution in [3.8, 4) is 0 Å². The zero-order chi connectivity index (χ0) is 12.3. The summed E-state index contributed by atoms with van der Waals surface area (Å²) in [5.74, 6) is -14.2. The van der Waals surface area contributed by atoms with Crippen molar-refractivity contribution >= 4 is 0 Å². The van der Waals surface area contributed by atoms with Crippen molar-refractivity contribution < 1.29 is 31.6 Å². The first-order chi connectivity index (χ1) is 7.28. The fourth-order valence-corrected chi connectivity index (χ4v) is 1.32. The largest absolute Gasteiger partial charge is 0.468 e. The maximum absolute atomic E-state index is 13.3. The molecular weight excluding hydrogens is 241 g/mol. The molecule has 0 unspecified atom stereocenters. The fraction of sp³-hybridized carbons (Fsp3) is 0.429. The molecule has 0 aromatic heterocycles. The maximum Gasteiger partial charge on any atom is 0.468 e. The predicted octanol–water partition coefficient (Wildman–Crippen LogP) is 2.01. The average molecular weight is 243 g/mol. The smallest absolute Gasteiger partial charge is 0.354 e. The first-order valence-electron chi connectivity index (χ1n) is 3.88. The molecule has 0 aromatic rings. The number of epoxide rings is 1. The lowest BCUT2D eigenvalue weighted by Crippen LogP contribution is -2.41. The van der Waals surface area contributed by atoms with E-state index >= 15 is 0 Å². The van der Waals surface area contributed by atoms with Gasteiger partial charge in [-0.2, -0.15) is 13.2 Å². The van der Waals surface area contributed by atoms with Gasteiger partial charge >= 0.3 is 5.79 Å². The number of nitro groups is 1. The third kappa shape index (κ3) is 0.958. The van der Waals surface area contributed by atoms with Gasteiger partial charge < -0.3 is 4.74 Å². The topological polar surface area (TPSA) is 55.7 Å². The highest BCUT2D eigenvalue weighted by atomic mass is 19.2. The third-order valence-electron chi connectivity index (χ3n) is 2.36. The number of alkyl halides is 1. The van der Waals surface area contributed by atoms with Crippen molar-refractivity contribution in [2.24, 2.45) is 0 Å². The van der Waals surface area contributed by atoms with Gasteiger partial charge in [-0.05, 0) is 0 Å². The van der Waals surface area contributed by atoms with Crippen molar-refractivity contribution in [1.82, 2.24) is 0 Å². The van der Waals surface area contributed by atoms with E-state index in [0.29, 0.717) is 0 Å². The summed E-state index contributed by atoms with van der Waals surface area (Å²) in [5.41, 5.74) is -2.64. The summed E-state index contributed by atoms with van der Waals surface area (Å²) in [7, 11) is 0. The van der Waals surface area contributed by atoms with E-state index in [2.05, 4.69) is 4.74 Å². The molecule has 2 rings (SSSR count). The second kappa shape index (κ2) is 2.78. The lowest BCUT2D eigenvalue weighted by atomic mass is 9.95. The molecule has 1 aliphatic heterocycles. The van der Waals surface area contributed by atoms with E-state index in [1.54, 1.807) is 0 Å². The Labute approximate surface area is 84.1 Å². The second-order valence-corrected chi connectivity index (χ2v) is 3.25. The third-order valence-corrected chi connectivity index (χ3v) is 2.36. The molecule has 0 bridgehead atoms. The lowest BCUT2D eigenvalue weighted by molar-refractivity contribution is -0.588. The minimum Gasteiger partial charge on any atom is -0.354 e. The molecule has 1 spiro atoms. The molecule has 1 fully saturated rings. The summed E-state index contributed by atoms with van der Waals surface area (Å²) < 4.78 is 69.6. The van der Waals surface area contributed by atoms with E-state index in [0.717, 1.165) is 0 Å². The molecule has 16 heavy (non-hydrogen) atoms. The summed E-state index contributed by atoms with van der Waals surface area (Å²) in [4.78, 5) is 8.04. The highest BCUT2D eigenvalue weighted by Gasteiger charge is 2.71. The maximum atomic E-state index is 13.3. The van der Waals surface area contributed by atoms with Crippen LogP contribution >= 0.6 is 0 Å². The summed E-state index contributed by atoms with van der Waals surface area (Å²) in [5, 5.41) is 10.1. The lowest BCUT2D eigenvalue weighted by Gasteiger charge is -2.21. The number of nitrogens with zero attached hydrogens (tertiary/aromatic N) is 1. The van der Waals surface area contributed by atoms with Crippen LogP contribution in [-0.2, 0) is 4.74 Å². The van der Waals surface area contributed by atoms with Gasteiger partial charge in [-0.25, -0.2) is 8.78 Å². The molecule has 0 aromatic carbocycles. The molecule has 88 valence electrons. The summed E-state index contributed by atoms with van der Waals surface area (Å²) in [6.45, 7) is -0.737. The quantitative estimate of drug-likeness (QED) is 0.233. The van der Waals surface area contributed by atoms with Gasteiger partial charge in [0.1, 0.15) is 0 Å². The van der Waals surface area contributed by atoms with Crippen LogP contribution in [0, 0.1) is 10.1 Å². The van der Waals surface area contributed by atoms with Crippen LogP contribution in [0.2, 0.25) is 0 Å². The molecule has 1 heterocycles. The number of halogens is 5. The average Bonchev–Trinajstić information content (AvgIpc) is 3.03. The van der Waals surface area contributed by atoms with Gasteiger partial charge in [0.2, 0.25) is 0 Å². The van der Waals surface area contributed by atoms with Crippen LogP contribution < -0.4 is 0 Å². The molecule has 1 saturated heterocycles. The molecular formula is C7H2F5NO3. The van der Waals surface area contributed by atoms with Gasteiger partial charge in [0.05, 0.1) is 11.5 Å². The van der Waals surface area contributed by atoms with Crippen LogP contribution in [-0.4, -0.2) is 22.9 Å². The number of rotatable bonds is 1. The molecule has 0 N–H and O–H groups in total. The molecule has 0 radical (unpaired) electrons. The zero-order valence-corrected chi connectivity index (χ0v) is 7.27. The molecule has 0 amide bonds. The van der Waals surface area contributed by atoms with Crippen molar-refractivity contribution in [3.05, 3.63) is 33.4 Å². The van der Waals surface area contributed by atoms with Crippen LogP contribution in [0.25, 0.3) is 0 Å². The van der Waals surface area contributed by atoms with E-state index < -0.39 is 46.2 Å². The molecule has 0 atom stereocenters. The van der Waals surface area contributed by atoms with Gasteiger partial charge in [-0.1, -0.05) is 0 Å². The van der Waals surface area contributed by atoms with Gasteiger partial charge in [0, 0.05) is 0 Å². The first kappa shape index (κ1) is 11.0. The highest BCUT2D eigenvalue weighted by Crippen LogP contribution is 2.55. The Bertz CT molecular complexity index is 425. The van der Waals surface area contributed by atoms with Crippen LogP contribution in [0.3, 0.4) is 0 Å². The first-order valence-corrected chi connectivity index (χ1v) is 3.88. The van der Waals surface area contributed by atoms with Crippen LogP contribution in [0.15, 0.2) is 23.3 Å². The Morgan fingerprint density at radius 2 is 1.50 bits per heavy atom. The van der Waals surface area contributed by atoms with Gasteiger partial charge in [0.25, 0.3) is 11.7 Å². The summed E-state index contributed by atoms with van der Waals surface area (Å²) in [6.07, 6.45) is 0. The zero-order valence-electron chi connectivity index (χ0n) is 7.27. The Morgan fingerprint density at radius 3 is 1.75 bits per heavy atom. The summed E-state index contributed by atoms with van der Waals surface area (Å²) in [6, 6.07) is 0. The number of hydrogen-bond donors (Lipinski definition) is 0. The van der Waals surface area contributed by atoms with E-state index in [9.17, 15) is 32.1 Å². The molecule has 9 heteroatoms. The van der Waals surface area contributed by atoms with Gasteiger partial charge in [-0.15, -0.1) is 0 Å². The van der Waals surface area contributed by atoms with E-state index in [4.69, 9.17) is 0 Å². The molecule has 1 aliphatic carbocycles. The number of hydrogen-bond acceptors (Lipinski definition) is 3.